The van der Waals surface area contributed by atoms with E-state index >= 15 is 0 Å². The lowest BCUT2D eigenvalue weighted by molar-refractivity contribution is -0.116. The van der Waals surface area contributed by atoms with Gasteiger partial charge in [-0.25, -0.2) is 0 Å². The summed E-state index contributed by atoms with van der Waals surface area (Å²) in [7, 11) is 1.55. The van der Waals surface area contributed by atoms with Crippen molar-refractivity contribution in [1.82, 2.24) is 5.32 Å². The van der Waals surface area contributed by atoms with Crippen LogP contribution in [0.15, 0.2) is 5.03 Å². The van der Waals surface area contributed by atoms with Crippen LogP contribution in [0.3, 0.4) is 0 Å². The second kappa shape index (κ2) is 6.23. The summed E-state index contributed by atoms with van der Waals surface area (Å²) in [6.45, 7) is 2.07. The minimum Gasteiger partial charge on any atom is -0.355 e. The second-order valence-corrected chi connectivity index (χ2v) is 2.67. The highest BCUT2D eigenvalue weighted by Crippen LogP contribution is 2.10. The van der Waals surface area contributed by atoms with Gasteiger partial charge in [0, 0.05) is 12.1 Å². The van der Waals surface area contributed by atoms with Crippen LogP contribution in [-0.4, -0.2) is 13.0 Å². The molecular weight excluding hydrogens is 162 g/mol. The van der Waals surface area contributed by atoms with Crippen molar-refractivity contribution < 1.29 is 4.79 Å². The quantitative estimate of drug-likeness (QED) is 0.648. The first-order valence-corrected chi connectivity index (χ1v) is 4.08. The van der Waals surface area contributed by atoms with E-state index in [9.17, 15) is 4.79 Å². The Hall–Kier alpha value is -0.500. The molecule has 63 valence electrons. The van der Waals surface area contributed by atoms with Crippen molar-refractivity contribution in [2.24, 2.45) is 0 Å². The van der Waals surface area contributed by atoms with Crippen LogP contribution in [0.5, 0.6) is 0 Å². The van der Waals surface area contributed by atoms with Gasteiger partial charge in [-0.1, -0.05) is 24.9 Å². The van der Waals surface area contributed by atoms with E-state index in [1.54, 1.807) is 7.05 Å². The van der Waals surface area contributed by atoms with Crippen LogP contribution >= 0.6 is 11.6 Å². The highest BCUT2D eigenvalue weighted by molar-refractivity contribution is 6.30. The lowest BCUT2D eigenvalue weighted by atomic mass is 10.2. The SMILES string of the molecule is CCCC/C(Cl)=[C]/C(=O)NC. The number of likely N-dealkylation sites (N-methyl/N-ethyl adjacent to an activating group) is 1. The minimum absolute atomic E-state index is 0.258. The van der Waals surface area contributed by atoms with E-state index in [1.807, 2.05) is 0 Å². The van der Waals surface area contributed by atoms with Crippen LogP contribution < -0.4 is 5.32 Å². The molecule has 11 heavy (non-hydrogen) atoms. The summed E-state index contributed by atoms with van der Waals surface area (Å²) in [6, 6.07) is 0. The van der Waals surface area contributed by atoms with Gasteiger partial charge in [0.1, 0.15) is 0 Å². The van der Waals surface area contributed by atoms with Gasteiger partial charge in [-0.05, 0) is 12.8 Å². The summed E-state index contributed by atoms with van der Waals surface area (Å²) in [5.74, 6) is -0.258. The summed E-state index contributed by atoms with van der Waals surface area (Å²) < 4.78 is 0. The van der Waals surface area contributed by atoms with E-state index in [0.29, 0.717) is 5.03 Å². The Balaban J connectivity index is 3.70. The van der Waals surface area contributed by atoms with Crippen molar-refractivity contribution in [3.8, 4) is 0 Å². The average molecular weight is 175 g/mol. The van der Waals surface area contributed by atoms with Gasteiger partial charge >= 0.3 is 0 Å². The average Bonchev–Trinajstić information content (AvgIpc) is 2.00. The van der Waals surface area contributed by atoms with E-state index in [-0.39, 0.29) is 5.91 Å². The highest BCUT2D eigenvalue weighted by atomic mass is 35.5. The van der Waals surface area contributed by atoms with Crippen molar-refractivity contribution in [3.05, 3.63) is 11.1 Å². The second-order valence-electron chi connectivity index (χ2n) is 2.21. The number of carbonyl (C=O) groups is 1. The van der Waals surface area contributed by atoms with Gasteiger partial charge in [-0.15, -0.1) is 0 Å². The van der Waals surface area contributed by atoms with E-state index in [2.05, 4.69) is 18.3 Å². The number of allylic oxidation sites excluding steroid dienone is 1. The zero-order chi connectivity index (χ0) is 8.69. The molecule has 0 aromatic rings. The lowest BCUT2D eigenvalue weighted by Crippen LogP contribution is -2.15. The molecular formula is C8H13ClNO. The fourth-order valence-corrected chi connectivity index (χ4v) is 0.800. The van der Waals surface area contributed by atoms with E-state index in [0.717, 1.165) is 19.3 Å². The first kappa shape index (κ1) is 10.5. The maximum absolute atomic E-state index is 10.7. The zero-order valence-corrected chi connectivity index (χ0v) is 7.66. The Morgan fingerprint density at radius 1 is 1.64 bits per heavy atom. The fourth-order valence-electron chi connectivity index (χ4n) is 0.580. The number of hydrogen-bond donors (Lipinski definition) is 1. The molecule has 0 aromatic carbocycles. The molecule has 0 saturated heterocycles. The molecule has 1 radical (unpaired) electrons. The normalized spacial score (nSPS) is 11.4. The largest absolute Gasteiger partial charge is 0.355 e. The molecule has 0 fully saturated rings. The molecule has 0 aliphatic carbocycles. The molecule has 0 heterocycles. The molecule has 1 amide bonds. The molecule has 0 aromatic heterocycles. The molecule has 0 atom stereocenters. The number of nitrogens with one attached hydrogen (secondary N) is 1. The Kier molecular flexibility index (Phi) is 5.94. The van der Waals surface area contributed by atoms with Gasteiger partial charge in [0.25, 0.3) is 5.91 Å². The summed E-state index contributed by atoms with van der Waals surface area (Å²) in [6.07, 6.45) is 5.32. The van der Waals surface area contributed by atoms with Crippen LogP contribution in [0.4, 0.5) is 0 Å². The third-order valence-electron chi connectivity index (χ3n) is 1.23. The molecule has 1 N–H and O–H groups in total. The molecule has 0 saturated carbocycles. The minimum atomic E-state index is -0.258. The third kappa shape index (κ3) is 5.92. The zero-order valence-electron chi connectivity index (χ0n) is 6.91. The van der Waals surface area contributed by atoms with Gasteiger partial charge in [0.15, 0.2) is 0 Å². The Morgan fingerprint density at radius 2 is 2.27 bits per heavy atom. The number of halogens is 1. The summed E-state index contributed by atoms with van der Waals surface area (Å²) in [4.78, 5) is 10.7. The molecule has 0 bridgehead atoms. The monoisotopic (exact) mass is 174 g/mol. The third-order valence-corrected chi connectivity index (χ3v) is 1.51. The first-order valence-electron chi connectivity index (χ1n) is 3.70. The molecule has 0 aliphatic rings. The van der Waals surface area contributed by atoms with Crippen molar-refractivity contribution >= 4 is 17.5 Å². The maximum Gasteiger partial charge on any atom is 0.253 e. The predicted molar refractivity (Wildman–Crippen MR) is 46.2 cm³/mol. The van der Waals surface area contributed by atoms with Gasteiger partial charge in [-0.2, -0.15) is 0 Å². The highest BCUT2D eigenvalue weighted by Gasteiger charge is 1.96. The summed E-state index contributed by atoms with van der Waals surface area (Å²) >= 11 is 5.68. The van der Waals surface area contributed by atoms with E-state index < -0.39 is 0 Å². The van der Waals surface area contributed by atoms with Crippen LogP contribution in [0, 0.1) is 6.08 Å². The van der Waals surface area contributed by atoms with Gasteiger partial charge in [-0.3, -0.25) is 4.79 Å². The smallest absolute Gasteiger partial charge is 0.253 e. The van der Waals surface area contributed by atoms with Crippen molar-refractivity contribution in [2.75, 3.05) is 7.05 Å². The summed E-state index contributed by atoms with van der Waals surface area (Å²) in [5, 5.41) is 2.92. The molecule has 2 nitrogen and oxygen atoms in total. The number of hydrogen-bond acceptors (Lipinski definition) is 1. The predicted octanol–water partition coefficient (Wildman–Crippen LogP) is 1.85. The fraction of sp³-hybridized carbons (Fsp3) is 0.625. The molecule has 3 heteroatoms. The van der Waals surface area contributed by atoms with E-state index in [1.165, 1.54) is 0 Å². The van der Waals surface area contributed by atoms with Gasteiger partial charge in [0.05, 0.1) is 6.08 Å². The van der Waals surface area contributed by atoms with Crippen LogP contribution in [0.1, 0.15) is 26.2 Å². The number of rotatable bonds is 4. The van der Waals surface area contributed by atoms with Crippen molar-refractivity contribution in [1.29, 1.82) is 0 Å². The van der Waals surface area contributed by atoms with Gasteiger partial charge < -0.3 is 5.32 Å². The maximum atomic E-state index is 10.7. The standard InChI is InChI=1S/C8H13ClNO/c1-3-4-5-7(9)6-8(11)10-2/h3-5H2,1-2H3,(H,10,11). The van der Waals surface area contributed by atoms with Crippen LogP contribution in [0.25, 0.3) is 0 Å². The first-order chi connectivity index (χ1) is 5.20. The number of amides is 1. The Labute approximate surface area is 72.6 Å². The topological polar surface area (TPSA) is 29.1 Å². The van der Waals surface area contributed by atoms with Gasteiger partial charge in [0.2, 0.25) is 0 Å². The molecule has 0 spiro atoms. The van der Waals surface area contributed by atoms with E-state index in [4.69, 9.17) is 11.6 Å². The Morgan fingerprint density at radius 3 is 2.73 bits per heavy atom. The molecule has 0 unspecified atom stereocenters. The summed E-state index contributed by atoms with van der Waals surface area (Å²) in [5.41, 5.74) is 0. The van der Waals surface area contributed by atoms with Crippen molar-refractivity contribution in [2.45, 2.75) is 26.2 Å². The number of carbonyl (C=O) groups excluding carboxylic acids is 1. The Bertz CT molecular complexity index is 154. The lowest BCUT2D eigenvalue weighted by Gasteiger charge is -1.95. The number of unbranched alkanes of at least 4 members (excludes halogenated alkanes) is 1. The van der Waals surface area contributed by atoms with Crippen LogP contribution in [0.2, 0.25) is 0 Å². The molecule has 0 rings (SSSR count). The van der Waals surface area contributed by atoms with Crippen molar-refractivity contribution in [3.63, 3.8) is 0 Å². The molecule has 0 aliphatic heterocycles. The van der Waals surface area contributed by atoms with Crippen LogP contribution in [-0.2, 0) is 4.79 Å².